The number of ether oxygens (including phenoxy) is 2. The molecule has 0 fully saturated rings. The molecule has 12 nitrogen and oxygen atoms in total. The van der Waals surface area contributed by atoms with E-state index in [4.69, 9.17) is 14.6 Å². The zero-order valence-corrected chi connectivity index (χ0v) is 24.0. The maximum absolute atomic E-state index is 13.3. The number of benzene rings is 2. The van der Waals surface area contributed by atoms with Gasteiger partial charge in [0.1, 0.15) is 28.9 Å². The van der Waals surface area contributed by atoms with Crippen LogP contribution in [0, 0.1) is 0 Å². The smallest absolute Gasteiger partial charge is 0.324 e. The lowest BCUT2D eigenvalue weighted by Crippen LogP contribution is -2.24. The Kier molecular flexibility index (Phi) is 8.96. The number of amides is 4. The summed E-state index contributed by atoms with van der Waals surface area (Å²) in [4.78, 5) is 33.6. The van der Waals surface area contributed by atoms with Crippen molar-refractivity contribution in [3.8, 4) is 22.9 Å². The molecule has 0 unspecified atom stereocenters. The Balaban J connectivity index is 1.37. The molecule has 0 aliphatic rings. The molecule has 220 valence electrons. The molecule has 5 rings (SSSR count). The number of pyridine rings is 2. The number of carbonyl (C=O) groups is 2. The molecule has 3 aromatic heterocycles. The van der Waals surface area contributed by atoms with E-state index >= 15 is 0 Å². The monoisotopic (exact) mass is 580 g/mol. The highest BCUT2D eigenvalue weighted by Crippen LogP contribution is 2.34. The summed E-state index contributed by atoms with van der Waals surface area (Å²) in [6.45, 7) is 2.13. The third-order valence-electron chi connectivity index (χ3n) is 6.51. The topological polar surface area (TPSA) is 144 Å². The van der Waals surface area contributed by atoms with Gasteiger partial charge in [0.2, 0.25) is 0 Å². The van der Waals surface area contributed by atoms with Gasteiger partial charge in [-0.1, -0.05) is 13.3 Å². The molecule has 43 heavy (non-hydrogen) atoms. The molecular formula is C31H32N8O4. The van der Waals surface area contributed by atoms with E-state index in [-0.39, 0.29) is 0 Å². The molecular weight excluding hydrogens is 548 g/mol. The number of nitrogens with zero attached hydrogens (tertiary/aromatic N) is 4. The zero-order valence-electron chi connectivity index (χ0n) is 24.0. The van der Waals surface area contributed by atoms with Gasteiger partial charge in [-0.2, -0.15) is 5.10 Å². The van der Waals surface area contributed by atoms with Crippen LogP contribution >= 0.6 is 0 Å². The number of urea groups is 2. The number of aromatic nitrogens is 4. The first kappa shape index (κ1) is 28.9. The van der Waals surface area contributed by atoms with Gasteiger partial charge in [0.15, 0.2) is 0 Å². The van der Waals surface area contributed by atoms with Crippen LogP contribution in [0.5, 0.6) is 17.2 Å². The molecule has 4 amide bonds. The van der Waals surface area contributed by atoms with Crippen LogP contribution in [0.15, 0.2) is 79.1 Å². The number of fused-ring (bicyclic) bond motifs is 1. The maximum atomic E-state index is 13.3. The Morgan fingerprint density at radius 2 is 1.72 bits per heavy atom. The van der Waals surface area contributed by atoms with E-state index in [1.165, 1.54) is 13.2 Å². The summed E-state index contributed by atoms with van der Waals surface area (Å²) in [6, 6.07) is 18.9. The Hall–Kier alpha value is -5.65. The largest absolute Gasteiger partial charge is 0.497 e. The second-order valence-electron chi connectivity index (χ2n) is 9.51. The molecule has 0 radical (unpaired) electrons. The van der Waals surface area contributed by atoms with Crippen LogP contribution in [0.1, 0.15) is 25.5 Å². The highest BCUT2D eigenvalue weighted by Gasteiger charge is 2.16. The number of hydrogen-bond acceptors (Lipinski definition) is 7. The van der Waals surface area contributed by atoms with Crippen molar-refractivity contribution >= 4 is 40.3 Å². The first-order valence-electron chi connectivity index (χ1n) is 13.8. The molecule has 0 saturated carbocycles. The van der Waals surface area contributed by atoms with Crippen molar-refractivity contribution in [3.63, 3.8) is 0 Å². The molecule has 0 aliphatic heterocycles. The first-order valence-corrected chi connectivity index (χ1v) is 13.8. The molecule has 3 heterocycles. The molecule has 0 bridgehead atoms. The van der Waals surface area contributed by atoms with E-state index in [1.54, 1.807) is 48.3 Å². The summed E-state index contributed by atoms with van der Waals surface area (Å²) < 4.78 is 13.1. The Morgan fingerprint density at radius 1 is 0.884 bits per heavy atom. The third-order valence-corrected chi connectivity index (χ3v) is 6.51. The van der Waals surface area contributed by atoms with E-state index in [2.05, 4.69) is 38.2 Å². The van der Waals surface area contributed by atoms with Gasteiger partial charge in [-0.25, -0.2) is 19.3 Å². The predicted octanol–water partition coefficient (Wildman–Crippen LogP) is 6.35. The number of rotatable bonds is 10. The van der Waals surface area contributed by atoms with Gasteiger partial charge < -0.3 is 20.1 Å². The first-order chi connectivity index (χ1) is 21.0. The van der Waals surface area contributed by atoms with Crippen LogP contribution in [0.4, 0.5) is 26.9 Å². The number of unbranched alkanes of at least 4 members (excludes halogenated alkanes) is 1. The summed E-state index contributed by atoms with van der Waals surface area (Å²) in [5, 5.41) is 16.4. The van der Waals surface area contributed by atoms with Crippen molar-refractivity contribution < 1.29 is 19.1 Å². The van der Waals surface area contributed by atoms with Gasteiger partial charge in [-0.3, -0.25) is 15.6 Å². The number of anilines is 3. The van der Waals surface area contributed by atoms with Gasteiger partial charge in [0.25, 0.3) is 0 Å². The van der Waals surface area contributed by atoms with Crippen molar-refractivity contribution in [2.75, 3.05) is 30.1 Å². The third kappa shape index (κ3) is 6.99. The minimum atomic E-state index is -0.448. The zero-order chi connectivity index (χ0) is 30.2. The van der Waals surface area contributed by atoms with Crippen molar-refractivity contribution in [3.05, 3.63) is 84.8 Å². The summed E-state index contributed by atoms with van der Waals surface area (Å²) in [5.74, 6) is 2.58. The summed E-state index contributed by atoms with van der Waals surface area (Å²) in [5.41, 5.74) is 2.71. The molecule has 0 aliphatic carbocycles. The molecule has 0 spiro atoms. The van der Waals surface area contributed by atoms with Gasteiger partial charge in [-0.05, 0) is 67.4 Å². The minimum Gasteiger partial charge on any atom is -0.497 e. The normalized spacial score (nSPS) is 10.7. The van der Waals surface area contributed by atoms with Gasteiger partial charge in [0, 0.05) is 37.0 Å². The van der Waals surface area contributed by atoms with Gasteiger partial charge >= 0.3 is 12.1 Å². The summed E-state index contributed by atoms with van der Waals surface area (Å²) in [6.07, 6.45) is 6.00. The minimum absolute atomic E-state index is 0.334. The fraction of sp³-hybridized carbons (Fsp3) is 0.194. The average Bonchev–Trinajstić information content (AvgIpc) is 3.43. The fourth-order valence-corrected chi connectivity index (χ4v) is 4.37. The average molecular weight is 581 g/mol. The number of nitrogens with one attached hydrogen (secondary N) is 4. The lowest BCUT2D eigenvalue weighted by Gasteiger charge is -2.14. The van der Waals surface area contributed by atoms with Crippen molar-refractivity contribution in [2.24, 2.45) is 0 Å². The van der Waals surface area contributed by atoms with E-state index in [0.29, 0.717) is 39.7 Å². The van der Waals surface area contributed by atoms with Crippen LogP contribution in [-0.4, -0.2) is 46.0 Å². The van der Waals surface area contributed by atoms with Crippen LogP contribution < -0.4 is 30.7 Å². The van der Waals surface area contributed by atoms with E-state index in [0.717, 1.165) is 36.4 Å². The number of hydrogen-bond donors (Lipinski definition) is 4. The quantitative estimate of drug-likeness (QED) is 0.151. The van der Waals surface area contributed by atoms with Crippen LogP contribution in [0.2, 0.25) is 0 Å². The molecule has 12 heteroatoms. The van der Waals surface area contributed by atoms with E-state index in [1.807, 2.05) is 36.4 Å². The van der Waals surface area contributed by atoms with E-state index in [9.17, 15) is 9.59 Å². The van der Waals surface area contributed by atoms with Crippen LogP contribution in [-0.2, 0) is 6.42 Å². The molecule has 0 saturated heterocycles. The SMILES string of the molecule is CCCCc1cc(NC(=O)Nc2ccc(Oc3ccnc(NC(=O)NC)c3)c3cccnc23)n(-c2ccc(OC)cc2)n1. The predicted molar refractivity (Wildman–Crippen MR) is 166 cm³/mol. The lowest BCUT2D eigenvalue weighted by atomic mass is 10.1. The summed E-state index contributed by atoms with van der Waals surface area (Å²) in [7, 11) is 3.13. The Labute approximate surface area is 248 Å². The Morgan fingerprint density at radius 3 is 2.49 bits per heavy atom. The molecule has 5 aromatic rings. The highest BCUT2D eigenvalue weighted by molar-refractivity contribution is 6.06. The van der Waals surface area contributed by atoms with Gasteiger partial charge in [-0.15, -0.1) is 0 Å². The van der Waals surface area contributed by atoms with Crippen LogP contribution in [0.3, 0.4) is 0 Å². The lowest BCUT2D eigenvalue weighted by molar-refractivity contribution is 0.254. The second-order valence-corrected chi connectivity index (χ2v) is 9.51. The highest BCUT2D eigenvalue weighted by atomic mass is 16.5. The molecule has 4 N–H and O–H groups in total. The maximum Gasteiger partial charge on any atom is 0.324 e. The van der Waals surface area contributed by atoms with Gasteiger partial charge in [0.05, 0.1) is 29.7 Å². The van der Waals surface area contributed by atoms with Crippen LogP contribution in [0.25, 0.3) is 16.6 Å². The number of carbonyl (C=O) groups excluding carboxylic acids is 2. The van der Waals surface area contributed by atoms with E-state index < -0.39 is 12.1 Å². The number of aryl methyl sites for hydroxylation is 1. The molecule has 0 atom stereocenters. The molecule has 2 aromatic carbocycles. The standard InChI is InChI=1S/C31H32N8O4/c1-4-5-7-20-18-28(39(38-20)21-9-11-22(42-3)12-10-21)37-31(41)35-25-13-14-26(24-8-6-16-34-29(24)25)43-23-15-17-33-27(19-23)36-30(40)32-2/h6,8-19H,4-5,7H2,1-3H3,(H2,35,37,41)(H2,32,33,36,40). The Bertz CT molecular complexity index is 1740. The summed E-state index contributed by atoms with van der Waals surface area (Å²) >= 11 is 0. The number of methoxy groups -OCH3 is 1. The van der Waals surface area contributed by atoms with Crippen molar-refractivity contribution in [2.45, 2.75) is 26.2 Å². The van der Waals surface area contributed by atoms with Crippen molar-refractivity contribution in [1.82, 2.24) is 25.1 Å². The fourth-order valence-electron chi connectivity index (χ4n) is 4.37. The second kappa shape index (κ2) is 13.3. The van der Waals surface area contributed by atoms with Crippen molar-refractivity contribution in [1.29, 1.82) is 0 Å².